The van der Waals surface area contributed by atoms with Crippen molar-refractivity contribution in [2.45, 2.75) is 201 Å². The fourth-order valence-corrected chi connectivity index (χ4v) is 17.2. The lowest BCUT2D eigenvalue weighted by Gasteiger charge is -2.44. The highest BCUT2D eigenvalue weighted by Gasteiger charge is 2.42. The summed E-state index contributed by atoms with van der Waals surface area (Å²) < 4.78 is 2.73. The molecule has 0 amide bonds. The number of hydrogen-bond donors (Lipinski definition) is 1. The molecular weight excluding hydrogens is 1080 g/mol. The van der Waals surface area contributed by atoms with Crippen molar-refractivity contribution in [2.75, 3.05) is 15.1 Å². The van der Waals surface area contributed by atoms with Crippen LogP contribution in [0.25, 0.3) is 42.1 Å². The Morgan fingerprint density at radius 2 is 1.03 bits per heavy atom. The average Bonchev–Trinajstić information content (AvgIpc) is 1.13. The van der Waals surface area contributed by atoms with Crippen molar-refractivity contribution < 1.29 is 0 Å². The van der Waals surface area contributed by atoms with Crippen molar-refractivity contribution in [1.29, 1.82) is 0 Å². The molecule has 0 atom stereocenters. The van der Waals surface area contributed by atoms with Gasteiger partial charge in [0.05, 0.1) is 0 Å². The number of anilines is 8. The molecule has 0 bridgehead atoms. The number of unbranched alkanes of at least 4 members (excludes halogenated alkanes) is 2. The molecule has 3 aliphatic carbocycles. The topological polar surface area (TPSA) is 18.5 Å². The number of nitrogens with one attached hydrogen (secondary N) is 1. The van der Waals surface area contributed by atoms with Gasteiger partial charge in [-0.2, -0.15) is 0 Å². The first-order valence-electron chi connectivity index (χ1n) is 33.2. The van der Waals surface area contributed by atoms with Gasteiger partial charge in [0.1, 0.15) is 0 Å². The van der Waals surface area contributed by atoms with Crippen molar-refractivity contribution >= 4 is 106 Å². The van der Waals surface area contributed by atoms with Gasteiger partial charge in [0, 0.05) is 71.2 Å². The molecule has 14 rings (SSSR count). The normalized spacial score (nSPS) is 18.0. The maximum atomic E-state index is 4.19. The maximum absolute atomic E-state index is 4.19. The van der Waals surface area contributed by atoms with E-state index in [1.165, 1.54) is 165 Å². The second kappa shape index (κ2) is 21.0. The Balaban J connectivity index is 1.05. The largest absolute Gasteiger partial charge is 0.355 e. The molecule has 2 heterocycles. The molecule has 3 nitrogen and oxygen atoms in total. The van der Waals surface area contributed by atoms with E-state index in [0.717, 1.165) is 47.7 Å². The van der Waals surface area contributed by atoms with E-state index in [2.05, 4.69) is 278 Å². The lowest BCUT2D eigenvalue weighted by Crippen LogP contribution is -2.41. The average molecular weight is 1170 g/mol. The molecule has 1 radical (unpaired) electrons. The molecule has 0 saturated heterocycles. The van der Waals surface area contributed by atoms with Gasteiger partial charge in [-0.3, -0.25) is 0 Å². The second-order valence-electron chi connectivity index (χ2n) is 31.2. The van der Waals surface area contributed by atoms with Crippen molar-refractivity contribution in [3.05, 3.63) is 202 Å². The van der Waals surface area contributed by atoms with E-state index < -0.39 is 0 Å². The van der Waals surface area contributed by atoms with Gasteiger partial charge >= 0.3 is 0 Å². The van der Waals surface area contributed by atoms with E-state index in [9.17, 15) is 0 Å². The van der Waals surface area contributed by atoms with Gasteiger partial charge in [-0.1, -0.05) is 175 Å². The molecule has 447 valence electrons. The van der Waals surface area contributed by atoms with Crippen LogP contribution in [0.2, 0.25) is 0 Å². The van der Waals surface area contributed by atoms with Gasteiger partial charge in [-0.25, -0.2) is 0 Å². The van der Waals surface area contributed by atoms with Crippen LogP contribution in [0.3, 0.4) is 0 Å². The molecule has 1 aromatic heterocycles. The van der Waals surface area contributed by atoms with Crippen molar-refractivity contribution in [1.82, 2.24) is 0 Å². The Kier molecular flexibility index (Phi) is 14.0. The van der Waals surface area contributed by atoms with Gasteiger partial charge in [0.2, 0.25) is 0 Å². The second-order valence-corrected chi connectivity index (χ2v) is 32.3. The molecule has 9 aromatic carbocycles. The van der Waals surface area contributed by atoms with E-state index in [1.807, 2.05) is 11.3 Å². The van der Waals surface area contributed by atoms with Gasteiger partial charge in [-0.15, -0.1) is 11.3 Å². The molecular formula is C83H91BN3S. The van der Waals surface area contributed by atoms with Gasteiger partial charge < -0.3 is 15.1 Å². The number of fused-ring (bicyclic) bond motifs is 9. The highest BCUT2D eigenvalue weighted by atomic mass is 32.1. The zero-order valence-electron chi connectivity index (χ0n) is 55.4. The number of aryl methyl sites for hydroxylation is 3. The first kappa shape index (κ1) is 58.6. The smallest absolute Gasteiger partial charge is 0.197 e. The Bertz CT molecular complexity index is 4430. The fourth-order valence-electron chi connectivity index (χ4n) is 16.0. The third kappa shape index (κ3) is 9.91. The molecule has 88 heavy (non-hydrogen) atoms. The predicted octanol–water partition coefficient (Wildman–Crippen LogP) is 22.9. The first-order valence-corrected chi connectivity index (χ1v) is 34.1. The molecule has 1 aliphatic heterocycles. The van der Waals surface area contributed by atoms with Crippen LogP contribution in [0.5, 0.6) is 0 Å². The predicted molar refractivity (Wildman–Crippen MR) is 385 cm³/mol. The lowest BCUT2D eigenvalue weighted by atomic mass is 9.57. The molecule has 0 unspecified atom stereocenters. The molecule has 0 spiro atoms. The van der Waals surface area contributed by atoms with Crippen LogP contribution in [-0.2, 0) is 38.9 Å². The summed E-state index contributed by atoms with van der Waals surface area (Å²) in [6.07, 6.45) is 11.8. The quantitative estimate of drug-likeness (QED) is 0.103. The number of nitrogens with zero attached hydrogens (tertiary/aromatic N) is 2. The minimum atomic E-state index is 0.0178. The third-order valence-electron chi connectivity index (χ3n) is 22.1. The minimum Gasteiger partial charge on any atom is -0.355 e. The standard InChI is InChI=1S/C83H91BN3S/c1-16-17-18-21-53-26-31-57(32-27-53)86(56-29-24-51(2)25-30-56)58-33-35-70(85-55-28-34-63-65(44-55)80(8,9)37-36-78(63,4)5)62(45-58)76-59-23-20-19-22-54(59)43-73-77(76)84-69-50-75-61(60-46-66-68(49-74(60)88-75)83(14,15)41-39-81(66,10)11)47-72(69)87(73)71-48-67-64(42-52(71)3)79(6,7)38-40-82(67,12)13/h19-20,22-35,42-50,85H,16-18,21,36-41H2,1-15H3. The van der Waals surface area contributed by atoms with Crippen molar-refractivity contribution in [2.24, 2.45) is 0 Å². The minimum absolute atomic E-state index is 0.0178. The van der Waals surface area contributed by atoms with Gasteiger partial charge in [0.15, 0.2) is 7.28 Å². The van der Waals surface area contributed by atoms with Crippen molar-refractivity contribution in [3.8, 4) is 11.1 Å². The SMILES string of the molecule is CCCCCc1ccc(N(c2ccc(C)cc2)c2ccc(Nc3ccc4c(c3)C(C)(C)CCC4(C)C)c(-c3c4c(cc5ccccc35)N(c3cc5c(cc3C)C(C)(C)CCC5(C)C)c3cc5c(cc3[B]4)sc3cc4c(cc35)C(C)(C)CCC4(C)C)c2)cc1. The van der Waals surface area contributed by atoms with Crippen LogP contribution in [0.1, 0.15) is 198 Å². The van der Waals surface area contributed by atoms with Crippen LogP contribution in [0.4, 0.5) is 45.5 Å². The Morgan fingerprint density at radius 3 is 1.69 bits per heavy atom. The Labute approximate surface area is 531 Å². The summed E-state index contributed by atoms with van der Waals surface area (Å²) in [6, 6.07) is 60.3. The first-order chi connectivity index (χ1) is 41.8. The van der Waals surface area contributed by atoms with Gasteiger partial charge in [0.25, 0.3) is 0 Å². The Morgan fingerprint density at radius 1 is 0.477 bits per heavy atom. The zero-order valence-corrected chi connectivity index (χ0v) is 56.2. The summed E-state index contributed by atoms with van der Waals surface area (Å²) >= 11 is 1.98. The van der Waals surface area contributed by atoms with E-state index in [0.29, 0.717) is 0 Å². The van der Waals surface area contributed by atoms with E-state index >= 15 is 0 Å². The lowest BCUT2D eigenvalue weighted by molar-refractivity contribution is 0.332. The highest BCUT2D eigenvalue weighted by molar-refractivity contribution is 7.26. The van der Waals surface area contributed by atoms with E-state index in [-0.39, 0.29) is 32.5 Å². The summed E-state index contributed by atoms with van der Waals surface area (Å²) in [7, 11) is 2.57. The zero-order chi connectivity index (χ0) is 61.6. The van der Waals surface area contributed by atoms with E-state index in [4.69, 9.17) is 0 Å². The molecule has 0 fully saturated rings. The van der Waals surface area contributed by atoms with Gasteiger partial charge in [-0.05, 0) is 255 Å². The summed E-state index contributed by atoms with van der Waals surface area (Å²) in [5.41, 5.74) is 27.5. The van der Waals surface area contributed by atoms with Crippen LogP contribution < -0.4 is 26.0 Å². The summed E-state index contributed by atoms with van der Waals surface area (Å²) in [5, 5.41) is 9.38. The number of rotatable bonds is 11. The number of hydrogen-bond acceptors (Lipinski definition) is 4. The third-order valence-corrected chi connectivity index (χ3v) is 23.2. The van der Waals surface area contributed by atoms with Crippen LogP contribution in [0.15, 0.2) is 152 Å². The molecule has 10 aromatic rings. The van der Waals surface area contributed by atoms with E-state index in [1.54, 1.807) is 0 Å². The molecule has 5 heteroatoms. The van der Waals surface area contributed by atoms with Crippen molar-refractivity contribution in [3.63, 3.8) is 0 Å². The van der Waals surface area contributed by atoms with Crippen LogP contribution in [-0.4, -0.2) is 7.28 Å². The highest BCUT2D eigenvalue weighted by Crippen LogP contribution is 2.54. The maximum Gasteiger partial charge on any atom is 0.197 e. The summed E-state index contributed by atoms with van der Waals surface area (Å²) in [5.74, 6) is 0. The number of thiophene rings is 1. The Hall–Kier alpha value is -7.08. The molecule has 4 aliphatic rings. The molecule has 1 N–H and O–H groups in total. The van der Waals surface area contributed by atoms with Crippen LogP contribution >= 0.6 is 11.3 Å². The molecule has 0 saturated carbocycles. The fraction of sp³-hybridized carbons (Fsp3) is 0.373. The summed E-state index contributed by atoms with van der Waals surface area (Å²) in [4.78, 5) is 5.18. The monoisotopic (exact) mass is 1170 g/mol. The van der Waals surface area contributed by atoms with Crippen LogP contribution in [0, 0.1) is 13.8 Å². The summed E-state index contributed by atoms with van der Waals surface area (Å²) in [6.45, 7) is 36.4. The number of benzene rings is 9.